The Morgan fingerprint density at radius 1 is 1.08 bits per heavy atom. The number of hydroxylamine groups is 4. The molecule has 0 aliphatic rings. The summed E-state index contributed by atoms with van der Waals surface area (Å²) < 4.78 is 4.70. The molecular weight excluding hydrogens is 180 g/mol. The van der Waals surface area contributed by atoms with Crippen molar-refractivity contribution in [3.05, 3.63) is 0 Å². The van der Waals surface area contributed by atoms with Crippen LogP contribution in [0.2, 0.25) is 0 Å². The second kappa shape index (κ2) is 6.61. The van der Waals surface area contributed by atoms with Gasteiger partial charge in [-0.15, -0.1) is 0 Å². The van der Waals surface area contributed by atoms with Crippen molar-refractivity contribution in [3.63, 3.8) is 0 Å². The van der Waals surface area contributed by atoms with Crippen molar-refractivity contribution in [2.45, 2.75) is 0 Å². The van der Waals surface area contributed by atoms with Crippen LogP contribution in [0.25, 0.3) is 0 Å². The van der Waals surface area contributed by atoms with Crippen LogP contribution in [0.1, 0.15) is 0 Å². The molecule has 7 nitrogen and oxygen atoms in total. The van der Waals surface area contributed by atoms with Gasteiger partial charge < -0.3 is 4.74 Å². The van der Waals surface area contributed by atoms with Gasteiger partial charge >= 0.3 is 6.03 Å². The number of ether oxygens (including phenoxy) is 1. The van der Waals surface area contributed by atoms with Gasteiger partial charge in [-0.2, -0.15) is 5.06 Å². The molecule has 0 rings (SSSR count). The number of hydrogen-bond acceptors (Lipinski definition) is 5. The van der Waals surface area contributed by atoms with Crippen molar-refractivity contribution >= 4 is 6.03 Å². The van der Waals surface area contributed by atoms with Crippen LogP contribution in [0.3, 0.4) is 0 Å². The Morgan fingerprint density at radius 3 is 1.92 bits per heavy atom. The number of amides is 2. The molecule has 13 heavy (non-hydrogen) atoms. The summed E-state index contributed by atoms with van der Waals surface area (Å²) in [4.78, 5) is 25.2. The predicted molar refractivity (Wildman–Crippen MR) is 42.0 cm³/mol. The molecule has 2 amide bonds. The molecule has 0 aliphatic carbocycles. The lowest BCUT2D eigenvalue weighted by Gasteiger charge is -2.23. The van der Waals surface area contributed by atoms with E-state index in [9.17, 15) is 4.79 Å². The maximum absolute atomic E-state index is 11.3. The average Bonchev–Trinajstić information content (AvgIpc) is 2.15. The van der Waals surface area contributed by atoms with Gasteiger partial charge in [0, 0.05) is 7.11 Å². The van der Waals surface area contributed by atoms with Crippen molar-refractivity contribution in [1.29, 1.82) is 0 Å². The summed E-state index contributed by atoms with van der Waals surface area (Å²) >= 11 is 0. The van der Waals surface area contributed by atoms with Crippen LogP contribution >= 0.6 is 0 Å². The van der Waals surface area contributed by atoms with Crippen LogP contribution in [-0.4, -0.2) is 51.5 Å². The first-order chi connectivity index (χ1) is 6.21. The molecule has 0 aliphatic heterocycles. The van der Waals surface area contributed by atoms with E-state index in [1.807, 2.05) is 0 Å². The van der Waals surface area contributed by atoms with Crippen molar-refractivity contribution in [2.24, 2.45) is 0 Å². The zero-order valence-electron chi connectivity index (χ0n) is 8.14. The number of urea groups is 1. The van der Waals surface area contributed by atoms with Crippen molar-refractivity contribution < 1.29 is 24.0 Å². The molecule has 0 fully saturated rings. The fourth-order valence-electron chi connectivity index (χ4n) is 0.625. The molecule has 7 heteroatoms. The van der Waals surface area contributed by atoms with Crippen LogP contribution in [0.5, 0.6) is 0 Å². The van der Waals surface area contributed by atoms with E-state index in [1.165, 1.54) is 28.4 Å². The first-order valence-corrected chi connectivity index (χ1v) is 3.44. The maximum atomic E-state index is 11.3. The van der Waals surface area contributed by atoms with Crippen molar-refractivity contribution in [2.75, 3.05) is 35.2 Å². The Hall–Kier alpha value is -0.890. The highest BCUT2D eigenvalue weighted by Gasteiger charge is 2.21. The van der Waals surface area contributed by atoms with Crippen molar-refractivity contribution in [3.8, 4) is 0 Å². The number of nitrogens with zero attached hydrogens (tertiary/aromatic N) is 2. The lowest BCUT2D eigenvalue weighted by molar-refractivity contribution is -0.318. The number of carbonyl (C=O) groups excluding carboxylic acids is 1. The lowest BCUT2D eigenvalue weighted by Crippen LogP contribution is -2.42. The summed E-state index contributed by atoms with van der Waals surface area (Å²) in [5.41, 5.74) is 0. The molecule has 0 bridgehead atoms. The smallest absolute Gasteiger partial charge is 0.362 e. The van der Waals surface area contributed by atoms with Crippen LogP contribution < -0.4 is 0 Å². The standard InChI is InChI=1S/C6H14N2O5/c1-10-5-7(11-2)6(9)8(12-3)13-4/h5H2,1-4H3. The predicted octanol–water partition coefficient (Wildman–Crippen LogP) is -0.00150. The van der Waals surface area contributed by atoms with Crippen LogP contribution in [0.15, 0.2) is 0 Å². The third-order valence-corrected chi connectivity index (χ3v) is 1.17. The highest BCUT2D eigenvalue weighted by molar-refractivity contribution is 5.70. The molecule has 0 saturated heterocycles. The largest absolute Gasteiger partial charge is 0.395 e. The summed E-state index contributed by atoms with van der Waals surface area (Å²) in [7, 11) is 5.35. The number of methoxy groups -OCH3 is 1. The molecule has 0 N–H and O–H groups in total. The zero-order chi connectivity index (χ0) is 10.3. The van der Waals surface area contributed by atoms with Gasteiger partial charge in [-0.25, -0.2) is 14.5 Å². The Kier molecular flexibility index (Phi) is 6.15. The van der Waals surface area contributed by atoms with E-state index in [4.69, 9.17) is 9.57 Å². The van der Waals surface area contributed by atoms with Gasteiger partial charge in [0.25, 0.3) is 0 Å². The summed E-state index contributed by atoms with van der Waals surface area (Å²) in [6.45, 7) is -0.0153. The minimum absolute atomic E-state index is 0.0153. The van der Waals surface area contributed by atoms with Gasteiger partial charge in [-0.05, 0) is 0 Å². The fourth-order valence-corrected chi connectivity index (χ4v) is 0.625. The second-order valence-electron chi connectivity index (χ2n) is 1.88. The van der Waals surface area contributed by atoms with Crippen LogP contribution in [-0.2, 0) is 19.2 Å². The molecule has 0 saturated carbocycles. The molecule has 0 atom stereocenters. The van der Waals surface area contributed by atoms with E-state index in [1.54, 1.807) is 0 Å². The molecule has 0 aromatic heterocycles. The summed E-state index contributed by atoms with van der Waals surface area (Å²) in [6.07, 6.45) is 0. The van der Waals surface area contributed by atoms with Gasteiger partial charge in [0.1, 0.15) is 6.73 Å². The third kappa shape index (κ3) is 3.55. The number of rotatable bonds is 5. The minimum Gasteiger partial charge on any atom is -0.362 e. The summed E-state index contributed by atoms with van der Waals surface area (Å²) in [6, 6.07) is -0.616. The highest BCUT2D eigenvalue weighted by atomic mass is 17.0. The van der Waals surface area contributed by atoms with E-state index in [0.717, 1.165) is 5.06 Å². The Bertz CT molecular complexity index is 150. The van der Waals surface area contributed by atoms with Crippen LogP contribution in [0, 0.1) is 0 Å². The molecule has 0 spiro atoms. The van der Waals surface area contributed by atoms with Gasteiger partial charge in [-0.1, -0.05) is 5.23 Å². The number of hydrogen-bond donors (Lipinski definition) is 0. The quantitative estimate of drug-likeness (QED) is 0.455. The van der Waals surface area contributed by atoms with Crippen LogP contribution in [0.4, 0.5) is 4.79 Å². The van der Waals surface area contributed by atoms with E-state index in [-0.39, 0.29) is 6.73 Å². The van der Waals surface area contributed by atoms with Crippen molar-refractivity contribution in [1.82, 2.24) is 10.3 Å². The molecule has 0 aromatic carbocycles. The summed E-state index contributed by atoms with van der Waals surface area (Å²) in [5, 5.41) is 1.58. The molecule has 0 radical (unpaired) electrons. The molecule has 0 heterocycles. The lowest BCUT2D eigenvalue weighted by atomic mass is 10.9. The van der Waals surface area contributed by atoms with Gasteiger partial charge in [0.05, 0.1) is 21.3 Å². The highest BCUT2D eigenvalue weighted by Crippen LogP contribution is 1.99. The van der Waals surface area contributed by atoms with E-state index in [2.05, 4.69) is 9.68 Å². The minimum atomic E-state index is -0.616. The first kappa shape index (κ1) is 12.1. The SMILES string of the molecule is COCN(OC)C(=O)N(OC)OC. The third-order valence-electron chi connectivity index (χ3n) is 1.17. The molecule has 0 unspecified atom stereocenters. The van der Waals surface area contributed by atoms with E-state index >= 15 is 0 Å². The molecule has 0 aromatic rings. The zero-order valence-corrected chi connectivity index (χ0v) is 8.14. The fraction of sp³-hybridized carbons (Fsp3) is 0.833. The average molecular weight is 194 g/mol. The van der Waals surface area contributed by atoms with Gasteiger partial charge in [0.2, 0.25) is 0 Å². The summed E-state index contributed by atoms with van der Waals surface area (Å²) in [5.74, 6) is 0. The van der Waals surface area contributed by atoms with Gasteiger partial charge in [-0.3, -0.25) is 4.84 Å². The first-order valence-electron chi connectivity index (χ1n) is 3.44. The monoisotopic (exact) mass is 194 g/mol. The van der Waals surface area contributed by atoms with Gasteiger partial charge in [0.15, 0.2) is 0 Å². The Labute approximate surface area is 76.6 Å². The maximum Gasteiger partial charge on any atom is 0.395 e. The topological polar surface area (TPSA) is 60.5 Å². The Morgan fingerprint density at radius 2 is 1.62 bits per heavy atom. The van der Waals surface area contributed by atoms with E-state index in [0.29, 0.717) is 5.23 Å². The molecular formula is C6H14N2O5. The normalized spacial score (nSPS) is 9.85. The number of carbonyl (C=O) groups is 1. The van der Waals surface area contributed by atoms with E-state index < -0.39 is 6.03 Å². The molecule has 78 valence electrons. The second-order valence-corrected chi connectivity index (χ2v) is 1.88. The Balaban J connectivity index is 4.16.